The van der Waals surface area contributed by atoms with E-state index in [4.69, 9.17) is 10.5 Å². The van der Waals surface area contributed by atoms with E-state index in [1.165, 1.54) is 0 Å². The minimum atomic E-state index is -0.534. The third kappa shape index (κ3) is 3.33. The number of anilines is 2. The number of aryl methyl sites for hydroxylation is 1. The third-order valence-electron chi connectivity index (χ3n) is 4.97. The van der Waals surface area contributed by atoms with E-state index in [-0.39, 0.29) is 23.9 Å². The van der Waals surface area contributed by atoms with Gasteiger partial charge in [0.05, 0.1) is 11.9 Å². The molecule has 0 saturated carbocycles. The number of rotatable bonds is 2. The molecule has 2 aliphatic rings. The van der Waals surface area contributed by atoms with Crippen LogP contribution in [0, 0.1) is 0 Å². The maximum atomic E-state index is 12.6. The molecule has 2 aliphatic heterocycles. The van der Waals surface area contributed by atoms with Gasteiger partial charge in [0.25, 0.3) is 5.91 Å². The molecule has 0 aliphatic carbocycles. The lowest BCUT2D eigenvalue weighted by atomic mass is 9.98. The first-order valence-corrected chi connectivity index (χ1v) is 8.82. The predicted octanol–water partition coefficient (Wildman–Crippen LogP) is 1.10. The summed E-state index contributed by atoms with van der Waals surface area (Å²) in [7, 11) is 1.85. The van der Waals surface area contributed by atoms with Crippen LogP contribution in [0.2, 0.25) is 0 Å². The quantitative estimate of drug-likeness (QED) is 0.732. The van der Waals surface area contributed by atoms with Crippen molar-refractivity contribution in [3.05, 3.63) is 36.2 Å². The molecule has 3 amide bonds. The zero-order valence-corrected chi connectivity index (χ0v) is 15.2. The lowest BCUT2D eigenvalue weighted by molar-refractivity contribution is -0.122. The van der Waals surface area contributed by atoms with Crippen LogP contribution in [0.25, 0.3) is 0 Å². The summed E-state index contributed by atoms with van der Waals surface area (Å²) in [4.78, 5) is 26.1. The summed E-state index contributed by atoms with van der Waals surface area (Å²) in [6.45, 7) is 2.68. The van der Waals surface area contributed by atoms with Gasteiger partial charge in [-0.2, -0.15) is 5.10 Å². The number of ether oxygens (including phenoxy) is 1. The van der Waals surface area contributed by atoms with Crippen molar-refractivity contribution >= 4 is 23.3 Å². The van der Waals surface area contributed by atoms with E-state index >= 15 is 0 Å². The molecule has 1 aromatic heterocycles. The molecule has 3 atom stereocenters. The van der Waals surface area contributed by atoms with Gasteiger partial charge >= 0.3 is 6.03 Å². The molecule has 1 unspecified atom stereocenters. The second kappa shape index (κ2) is 6.58. The molecule has 4 rings (SSSR count). The molecular weight excluding hydrogens is 348 g/mol. The molecule has 1 saturated heterocycles. The number of fused-ring (bicyclic) bond motifs is 1. The largest absolute Gasteiger partial charge is 0.479 e. The molecule has 3 heterocycles. The van der Waals surface area contributed by atoms with E-state index in [2.05, 4.69) is 15.7 Å². The highest BCUT2D eigenvalue weighted by Gasteiger charge is 2.34. The number of nitrogens with two attached hydrogens (primary N) is 1. The van der Waals surface area contributed by atoms with E-state index in [9.17, 15) is 9.59 Å². The molecule has 9 nitrogen and oxygen atoms in total. The predicted molar refractivity (Wildman–Crippen MR) is 99.7 cm³/mol. The highest BCUT2D eigenvalue weighted by atomic mass is 16.5. The monoisotopic (exact) mass is 370 g/mol. The van der Waals surface area contributed by atoms with Crippen LogP contribution >= 0.6 is 0 Å². The number of hydrogen-bond acceptors (Lipinski definition) is 5. The maximum absolute atomic E-state index is 12.6. The van der Waals surface area contributed by atoms with Gasteiger partial charge in [-0.15, -0.1) is 0 Å². The van der Waals surface area contributed by atoms with Crippen molar-refractivity contribution < 1.29 is 14.3 Å². The number of carbonyl (C=O) groups excluding carboxylic acids is 2. The van der Waals surface area contributed by atoms with Crippen LogP contribution in [0.5, 0.6) is 5.75 Å². The van der Waals surface area contributed by atoms with Gasteiger partial charge in [0.2, 0.25) is 0 Å². The van der Waals surface area contributed by atoms with Gasteiger partial charge in [0, 0.05) is 44.0 Å². The topological polar surface area (TPSA) is 115 Å². The van der Waals surface area contributed by atoms with Crippen molar-refractivity contribution in [3.63, 3.8) is 0 Å². The summed E-state index contributed by atoms with van der Waals surface area (Å²) in [6.07, 6.45) is 3.19. The molecule has 27 heavy (non-hydrogen) atoms. The summed E-state index contributed by atoms with van der Waals surface area (Å²) in [6, 6.07) is 4.79. The summed E-state index contributed by atoms with van der Waals surface area (Å²) >= 11 is 0. The van der Waals surface area contributed by atoms with E-state index in [0.717, 1.165) is 5.56 Å². The number of benzene rings is 1. The van der Waals surface area contributed by atoms with Crippen LogP contribution < -0.4 is 21.1 Å². The normalized spacial score (nSPS) is 24.2. The maximum Gasteiger partial charge on any atom is 0.321 e. The summed E-state index contributed by atoms with van der Waals surface area (Å²) in [5.74, 6) is 0.429. The van der Waals surface area contributed by atoms with Crippen LogP contribution in [-0.4, -0.2) is 51.9 Å². The first-order chi connectivity index (χ1) is 12.9. The Kier molecular flexibility index (Phi) is 4.23. The average Bonchev–Trinajstić information content (AvgIpc) is 3.22. The van der Waals surface area contributed by atoms with E-state index in [1.807, 2.05) is 13.2 Å². The average molecular weight is 370 g/mol. The van der Waals surface area contributed by atoms with Crippen molar-refractivity contribution in [3.8, 4) is 5.75 Å². The van der Waals surface area contributed by atoms with E-state index in [1.54, 1.807) is 40.9 Å². The number of nitrogens with one attached hydrogen (secondary N) is 2. The first-order valence-electron chi connectivity index (χ1n) is 8.82. The van der Waals surface area contributed by atoms with Crippen molar-refractivity contribution in [2.75, 3.05) is 23.7 Å². The van der Waals surface area contributed by atoms with Gasteiger partial charge in [0.15, 0.2) is 6.10 Å². The number of amides is 3. The van der Waals surface area contributed by atoms with E-state index < -0.39 is 6.10 Å². The Morgan fingerprint density at radius 1 is 1.41 bits per heavy atom. The van der Waals surface area contributed by atoms with Crippen LogP contribution in [0.15, 0.2) is 30.6 Å². The first kappa shape index (κ1) is 17.3. The number of hydrogen-bond donors (Lipinski definition) is 3. The minimum absolute atomic E-state index is 0.0576. The van der Waals surface area contributed by atoms with Gasteiger partial charge in [-0.25, -0.2) is 4.79 Å². The fourth-order valence-corrected chi connectivity index (χ4v) is 3.47. The van der Waals surface area contributed by atoms with Gasteiger partial charge in [-0.05, 0) is 30.7 Å². The van der Waals surface area contributed by atoms with Crippen molar-refractivity contribution in [2.45, 2.75) is 25.0 Å². The second-order valence-electron chi connectivity index (χ2n) is 7.01. The molecule has 4 N–H and O–H groups in total. The third-order valence-corrected chi connectivity index (χ3v) is 4.97. The molecule has 1 fully saturated rings. The summed E-state index contributed by atoms with van der Waals surface area (Å²) < 4.78 is 7.25. The Labute approximate surface area is 156 Å². The number of likely N-dealkylation sites (tertiary alicyclic amines) is 1. The van der Waals surface area contributed by atoms with Crippen molar-refractivity contribution in [1.82, 2.24) is 14.7 Å². The molecule has 0 spiro atoms. The second-order valence-corrected chi connectivity index (χ2v) is 7.01. The zero-order valence-electron chi connectivity index (χ0n) is 15.2. The van der Waals surface area contributed by atoms with Crippen LogP contribution in [0.4, 0.5) is 16.2 Å². The zero-order chi connectivity index (χ0) is 19.1. The minimum Gasteiger partial charge on any atom is -0.479 e. The molecule has 1 aromatic carbocycles. The fourth-order valence-electron chi connectivity index (χ4n) is 3.47. The number of aromatic nitrogens is 2. The Morgan fingerprint density at radius 2 is 2.22 bits per heavy atom. The van der Waals surface area contributed by atoms with Gasteiger partial charge in [-0.1, -0.05) is 0 Å². The molecular formula is C18H22N6O3. The fraction of sp³-hybridized carbons (Fsp3) is 0.389. The van der Waals surface area contributed by atoms with Crippen LogP contribution in [0.1, 0.15) is 18.4 Å². The van der Waals surface area contributed by atoms with Gasteiger partial charge < -0.3 is 26.0 Å². The Hall–Kier alpha value is -3.07. The number of urea groups is 1. The summed E-state index contributed by atoms with van der Waals surface area (Å²) in [5.41, 5.74) is 8.39. The molecule has 2 aromatic rings. The van der Waals surface area contributed by atoms with Gasteiger partial charge in [0.1, 0.15) is 5.75 Å². The standard InChI is InChI=1S/C18H22N6O3/c1-10-17(25)22-15-5-12(3-4-16(15)27-10)21-18(26)24-8-13(14(19)9-24)11-6-20-23(2)7-11/h3-7,10,13-14H,8-9,19H2,1-2H3,(H,21,26)(H,22,25)/t10?,13-,14+/m0/s1. The van der Waals surface area contributed by atoms with Crippen molar-refractivity contribution in [2.24, 2.45) is 12.8 Å². The molecule has 9 heteroatoms. The smallest absolute Gasteiger partial charge is 0.321 e. The van der Waals surface area contributed by atoms with Crippen LogP contribution in [0.3, 0.4) is 0 Å². The highest BCUT2D eigenvalue weighted by Crippen LogP contribution is 2.32. The van der Waals surface area contributed by atoms with Gasteiger partial charge in [-0.3, -0.25) is 9.48 Å². The van der Waals surface area contributed by atoms with Crippen molar-refractivity contribution in [1.29, 1.82) is 0 Å². The Balaban J connectivity index is 1.44. The van der Waals surface area contributed by atoms with Crippen LogP contribution in [-0.2, 0) is 11.8 Å². The number of nitrogens with zero attached hydrogens (tertiary/aromatic N) is 3. The lowest BCUT2D eigenvalue weighted by Crippen LogP contribution is -2.36. The Bertz CT molecular complexity index is 895. The Morgan fingerprint density at radius 3 is 2.96 bits per heavy atom. The highest BCUT2D eigenvalue weighted by molar-refractivity contribution is 5.99. The SMILES string of the molecule is CC1Oc2ccc(NC(=O)N3C[C@@H](N)[C@H](c4cnn(C)c4)C3)cc2NC1=O. The van der Waals surface area contributed by atoms with E-state index in [0.29, 0.717) is 30.2 Å². The molecule has 142 valence electrons. The molecule has 0 radical (unpaired) electrons. The number of carbonyl (C=O) groups is 2. The lowest BCUT2D eigenvalue weighted by Gasteiger charge is -2.24. The summed E-state index contributed by atoms with van der Waals surface area (Å²) in [5, 5.41) is 9.82. The molecule has 0 bridgehead atoms.